The first-order chi connectivity index (χ1) is 14.0. The second kappa shape index (κ2) is 8.52. The Kier molecular flexibility index (Phi) is 5.69. The molecule has 2 heterocycles. The number of rotatable bonds is 6. The molecule has 1 aromatic carbocycles. The van der Waals surface area contributed by atoms with E-state index in [1.54, 1.807) is 24.3 Å². The highest BCUT2D eigenvalue weighted by atomic mass is 16.6. The minimum atomic E-state index is -0.563. The van der Waals surface area contributed by atoms with Crippen molar-refractivity contribution in [1.29, 1.82) is 0 Å². The molecule has 11 heteroatoms. The van der Waals surface area contributed by atoms with E-state index < -0.39 is 9.85 Å². The summed E-state index contributed by atoms with van der Waals surface area (Å²) in [6.45, 7) is 0. The zero-order valence-corrected chi connectivity index (χ0v) is 15.1. The lowest BCUT2D eigenvalue weighted by molar-refractivity contribution is -0.385. The van der Waals surface area contributed by atoms with Crippen molar-refractivity contribution in [3.63, 3.8) is 0 Å². The van der Waals surface area contributed by atoms with E-state index in [0.29, 0.717) is 5.56 Å². The third kappa shape index (κ3) is 4.30. The van der Waals surface area contributed by atoms with Crippen LogP contribution in [0.5, 0.6) is 0 Å². The largest absolute Gasteiger partial charge is 0.397 e. The van der Waals surface area contributed by atoms with Gasteiger partial charge < -0.3 is 4.84 Å². The Morgan fingerprint density at radius 1 is 0.897 bits per heavy atom. The van der Waals surface area contributed by atoms with E-state index in [9.17, 15) is 20.2 Å². The van der Waals surface area contributed by atoms with Crippen LogP contribution < -0.4 is 4.90 Å². The molecule has 0 saturated carbocycles. The molecule has 0 aliphatic rings. The molecule has 0 radical (unpaired) electrons. The Bertz CT molecular complexity index is 981. The third-order valence-corrected chi connectivity index (χ3v) is 3.77. The number of pyridine rings is 2. The molecule has 0 fully saturated rings. The molecule has 0 unspecified atom stereocenters. The van der Waals surface area contributed by atoms with Gasteiger partial charge in [-0.05, 0) is 12.1 Å². The quantitative estimate of drug-likeness (QED) is 0.268. The highest BCUT2D eigenvalue weighted by Crippen LogP contribution is 2.27. The maximum Gasteiger partial charge on any atom is 0.287 e. The highest BCUT2D eigenvalue weighted by molar-refractivity contribution is 6.13. The molecule has 29 heavy (non-hydrogen) atoms. The SMILES string of the molecule is CO/N=C(\c1ccccc1)N(c1ccc([N+](=O)[O-])cn1)c1ccc([N+](=O)[O-])cn1. The summed E-state index contributed by atoms with van der Waals surface area (Å²) < 4.78 is 0. The van der Waals surface area contributed by atoms with E-state index in [2.05, 4.69) is 15.1 Å². The molecule has 11 nitrogen and oxygen atoms in total. The molecule has 0 spiro atoms. The van der Waals surface area contributed by atoms with Crippen LogP contribution in [0.25, 0.3) is 0 Å². The standard InChI is InChI=1S/C18H14N6O5/c1-29-21-18(13-5-3-2-4-6-13)22(16-9-7-14(11-19-16)23(25)26)17-10-8-15(12-20-17)24(27)28/h2-12H,1H3/b21-18+. The molecular formula is C18H14N6O5. The van der Waals surface area contributed by atoms with Crippen LogP contribution in [0.3, 0.4) is 0 Å². The number of hydrogen-bond acceptors (Lipinski definition) is 8. The summed E-state index contributed by atoms with van der Waals surface area (Å²) in [6.07, 6.45) is 2.20. The number of nitrogens with zero attached hydrogens (tertiary/aromatic N) is 6. The van der Waals surface area contributed by atoms with Crippen LogP contribution in [0.1, 0.15) is 5.56 Å². The average molecular weight is 394 g/mol. The minimum absolute atomic E-state index is 0.185. The van der Waals surface area contributed by atoms with Crippen molar-refractivity contribution in [2.45, 2.75) is 0 Å². The highest BCUT2D eigenvalue weighted by Gasteiger charge is 2.23. The van der Waals surface area contributed by atoms with Crippen molar-refractivity contribution in [2.24, 2.45) is 5.16 Å². The fourth-order valence-corrected chi connectivity index (χ4v) is 2.47. The molecule has 0 aliphatic heterocycles. The van der Waals surface area contributed by atoms with Crippen molar-refractivity contribution >= 4 is 28.8 Å². The second-order valence-corrected chi connectivity index (χ2v) is 5.56. The first kappa shape index (κ1) is 19.4. The average Bonchev–Trinajstić information content (AvgIpc) is 2.74. The van der Waals surface area contributed by atoms with Gasteiger partial charge in [0.25, 0.3) is 11.4 Å². The fraction of sp³-hybridized carbons (Fsp3) is 0.0556. The van der Waals surface area contributed by atoms with Crippen molar-refractivity contribution in [1.82, 2.24) is 9.97 Å². The molecule has 3 aromatic rings. The molecule has 3 rings (SSSR count). The van der Waals surface area contributed by atoms with Gasteiger partial charge in [0.1, 0.15) is 31.1 Å². The zero-order chi connectivity index (χ0) is 20.8. The van der Waals surface area contributed by atoms with Crippen molar-refractivity contribution in [2.75, 3.05) is 12.0 Å². The first-order valence-electron chi connectivity index (χ1n) is 8.19. The number of amidine groups is 1. The van der Waals surface area contributed by atoms with Gasteiger partial charge in [0.2, 0.25) is 0 Å². The van der Waals surface area contributed by atoms with Crippen molar-refractivity contribution < 1.29 is 14.7 Å². The van der Waals surface area contributed by atoms with E-state index in [1.165, 1.54) is 36.3 Å². The number of anilines is 2. The normalized spacial score (nSPS) is 11.0. The molecule has 0 aliphatic carbocycles. The predicted molar refractivity (Wildman–Crippen MR) is 104 cm³/mol. The summed E-state index contributed by atoms with van der Waals surface area (Å²) in [4.78, 5) is 35.5. The number of nitro groups is 2. The topological polar surface area (TPSA) is 137 Å². The number of aromatic nitrogens is 2. The summed E-state index contributed by atoms with van der Waals surface area (Å²) in [7, 11) is 1.37. The summed E-state index contributed by atoms with van der Waals surface area (Å²) in [5.74, 6) is 0.809. The number of benzene rings is 1. The Morgan fingerprint density at radius 3 is 1.79 bits per heavy atom. The lowest BCUT2D eigenvalue weighted by atomic mass is 10.2. The predicted octanol–water partition coefficient (Wildman–Crippen LogP) is 3.44. The van der Waals surface area contributed by atoms with Crippen molar-refractivity contribution in [3.8, 4) is 0 Å². The van der Waals surface area contributed by atoms with Crippen molar-refractivity contribution in [3.05, 3.63) is 92.8 Å². The maximum absolute atomic E-state index is 10.9. The minimum Gasteiger partial charge on any atom is -0.397 e. The lowest BCUT2D eigenvalue weighted by Gasteiger charge is -2.23. The fourth-order valence-electron chi connectivity index (χ4n) is 2.47. The maximum atomic E-state index is 10.9. The van der Waals surface area contributed by atoms with Gasteiger partial charge in [-0.15, -0.1) is 0 Å². The van der Waals surface area contributed by atoms with E-state index in [0.717, 1.165) is 12.4 Å². The summed E-state index contributed by atoms with van der Waals surface area (Å²) in [5.41, 5.74) is 0.278. The van der Waals surface area contributed by atoms with Gasteiger partial charge >= 0.3 is 0 Å². The second-order valence-electron chi connectivity index (χ2n) is 5.56. The van der Waals surface area contributed by atoms with Crippen LogP contribution >= 0.6 is 0 Å². The van der Waals surface area contributed by atoms with Crippen LogP contribution in [-0.4, -0.2) is 32.8 Å². The first-order valence-corrected chi connectivity index (χ1v) is 8.19. The van der Waals surface area contributed by atoms with Gasteiger partial charge in [0, 0.05) is 17.7 Å². The van der Waals surface area contributed by atoms with E-state index in [-0.39, 0.29) is 28.8 Å². The van der Waals surface area contributed by atoms with Crippen LogP contribution in [0.2, 0.25) is 0 Å². The third-order valence-electron chi connectivity index (χ3n) is 3.77. The van der Waals surface area contributed by atoms with Gasteiger partial charge in [-0.2, -0.15) is 0 Å². The Labute approximate surface area is 164 Å². The van der Waals surface area contributed by atoms with Gasteiger partial charge in [-0.3, -0.25) is 25.1 Å². The van der Waals surface area contributed by atoms with Gasteiger partial charge in [0.05, 0.1) is 9.85 Å². The van der Waals surface area contributed by atoms with E-state index in [1.807, 2.05) is 6.07 Å². The van der Waals surface area contributed by atoms with Crippen LogP contribution in [0.4, 0.5) is 23.0 Å². The van der Waals surface area contributed by atoms with Crippen LogP contribution in [-0.2, 0) is 4.84 Å². The monoisotopic (exact) mass is 394 g/mol. The smallest absolute Gasteiger partial charge is 0.287 e. The number of hydrogen-bond donors (Lipinski definition) is 0. The summed E-state index contributed by atoms with van der Waals surface area (Å²) in [6, 6.07) is 14.4. The Balaban J connectivity index is 2.15. The Hall–Kier alpha value is -4.41. The Morgan fingerprint density at radius 2 is 1.41 bits per heavy atom. The van der Waals surface area contributed by atoms with Gasteiger partial charge in [-0.1, -0.05) is 35.5 Å². The zero-order valence-electron chi connectivity index (χ0n) is 15.1. The molecule has 0 atom stereocenters. The number of oxime groups is 1. The molecule has 146 valence electrons. The molecule has 2 aromatic heterocycles. The van der Waals surface area contributed by atoms with E-state index in [4.69, 9.17) is 4.84 Å². The molecule has 0 amide bonds. The summed E-state index contributed by atoms with van der Waals surface area (Å²) in [5, 5.41) is 25.9. The van der Waals surface area contributed by atoms with E-state index >= 15 is 0 Å². The lowest BCUT2D eigenvalue weighted by Crippen LogP contribution is -2.29. The van der Waals surface area contributed by atoms with Crippen LogP contribution in [0.15, 0.2) is 72.1 Å². The van der Waals surface area contributed by atoms with Gasteiger partial charge in [0.15, 0.2) is 5.84 Å². The van der Waals surface area contributed by atoms with Crippen LogP contribution in [0, 0.1) is 20.2 Å². The summed E-state index contributed by atoms with van der Waals surface area (Å²) >= 11 is 0. The molecule has 0 bridgehead atoms. The molecule has 0 saturated heterocycles. The molecular weight excluding hydrogens is 380 g/mol. The van der Waals surface area contributed by atoms with Gasteiger partial charge in [-0.25, -0.2) is 9.97 Å². The molecule has 0 N–H and O–H groups in total.